The van der Waals surface area contributed by atoms with Crippen molar-refractivity contribution in [2.24, 2.45) is 0 Å². The molecule has 1 aromatic heterocycles. The van der Waals surface area contributed by atoms with Crippen molar-refractivity contribution in [1.82, 2.24) is 4.98 Å². The molecule has 100 valence electrons. The molecule has 2 heterocycles. The molecular formula is C11H16N2O4P-. The van der Waals surface area contributed by atoms with Gasteiger partial charge in [0.1, 0.15) is 0 Å². The van der Waals surface area contributed by atoms with Gasteiger partial charge in [-0.15, -0.1) is 0 Å². The second-order valence-corrected chi connectivity index (χ2v) is 5.76. The number of rotatable bonds is 5. The minimum absolute atomic E-state index is 0.0587. The number of nitrogens with one attached hydrogen (secondary N) is 1. The summed E-state index contributed by atoms with van der Waals surface area (Å²) in [6.45, 7) is 2.02. The zero-order valence-corrected chi connectivity index (χ0v) is 11.0. The van der Waals surface area contributed by atoms with E-state index >= 15 is 0 Å². The highest BCUT2D eigenvalue weighted by atomic mass is 31.2. The van der Waals surface area contributed by atoms with Crippen molar-refractivity contribution >= 4 is 13.4 Å². The van der Waals surface area contributed by atoms with Crippen LogP contribution in [0.15, 0.2) is 24.5 Å². The first kappa shape index (κ1) is 13.5. The number of ether oxygens (including phenoxy) is 1. The molecule has 0 aromatic carbocycles. The van der Waals surface area contributed by atoms with Gasteiger partial charge in [-0.3, -0.25) is 9.55 Å². The zero-order valence-electron chi connectivity index (χ0n) is 10.1. The van der Waals surface area contributed by atoms with E-state index in [1.54, 1.807) is 12.1 Å². The van der Waals surface area contributed by atoms with Gasteiger partial charge in [0.15, 0.2) is 0 Å². The zero-order chi connectivity index (χ0) is 13.0. The minimum Gasteiger partial charge on any atom is -0.762 e. The summed E-state index contributed by atoms with van der Waals surface area (Å²) in [5, 5.41) is 2.34. The van der Waals surface area contributed by atoms with E-state index < -0.39 is 7.75 Å². The third-order valence-electron chi connectivity index (χ3n) is 2.70. The standard InChI is InChI=1S/C11H17N2O4P/c1-9-2-3-11(17-9)8-16-18(14,15)13-10-4-6-12-7-5-10/h4-7,9,11H,2-3,8H2,1H3,(H2,12,13,14,15)/p-1/t9-,11-/m0/s1. The number of pyridine rings is 1. The highest BCUT2D eigenvalue weighted by Crippen LogP contribution is 2.38. The molecule has 1 saturated heterocycles. The van der Waals surface area contributed by atoms with Crippen molar-refractivity contribution < 1.29 is 18.7 Å². The van der Waals surface area contributed by atoms with Crippen LogP contribution in [0, 0.1) is 0 Å². The molecule has 1 aromatic rings. The van der Waals surface area contributed by atoms with Crippen LogP contribution in [0.25, 0.3) is 0 Å². The molecular weight excluding hydrogens is 255 g/mol. The summed E-state index contributed by atoms with van der Waals surface area (Å²) < 4.78 is 22.0. The Morgan fingerprint density at radius 2 is 2.28 bits per heavy atom. The monoisotopic (exact) mass is 271 g/mol. The number of hydrogen-bond donors (Lipinski definition) is 1. The molecule has 1 fully saturated rings. The van der Waals surface area contributed by atoms with E-state index in [-0.39, 0.29) is 18.8 Å². The highest BCUT2D eigenvalue weighted by Gasteiger charge is 2.23. The Labute approximate surface area is 106 Å². The van der Waals surface area contributed by atoms with Crippen LogP contribution in [0.3, 0.4) is 0 Å². The predicted octanol–water partition coefficient (Wildman–Crippen LogP) is 1.55. The smallest absolute Gasteiger partial charge is 0.229 e. The number of nitrogens with zero attached hydrogens (tertiary/aromatic N) is 1. The van der Waals surface area contributed by atoms with Gasteiger partial charge < -0.3 is 19.2 Å². The summed E-state index contributed by atoms with van der Waals surface area (Å²) in [5.41, 5.74) is 0.434. The summed E-state index contributed by atoms with van der Waals surface area (Å²) >= 11 is 0. The summed E-state index contributed by atoms with van der Waals surface area (Å²) in [5.74, 6) is 0. The minimum atomic E-state index is -4.09. The molecule has 0 spiro atoms. The normalized spacial score (nSPS) is 26.8. The van der Waals surface area contributed by atoms with Gasteiger partial charge >= 0.3 is 0 Å². The van der Waals surface area contributed by atoms with Crippen LogP contribution in [-0.4, -0.2) is 23.8 Å². The van der Waals surface area contributed by atoms with Gasteiger partial charge in [0.25, 0.3) is 0 Å². The molecule has 0 aliphatic carbocycles. The lowest BCUT2D eigenvalue weighted by Crippen LogP contribution is -2.20. The first-order chi connectivity index (χ1) is 8.55. The number of anilines is 1. The number of hydrogen-bond acceptors (Lipinski definition) is 5. The molecule has 1 aliphatic rings. The van der Waals surface area contributed by atoms with Gasteiger partial charge in [-0.1, -0.05) is 0 Å². The van der Waals surface area contributed by atoms with Gasteiger partial charge in [0.2, 0.25) is 7.75 Å². The Balaban J connectivity index is 1.82. The fourth-order valence-electron chi connectivity index (χ4n) is 1.81. The first-order valence-electron chi connectivity index (χ1n) is 5.84. The van der Waals surface area contributed by atoms with Crippen LogP contribution in [0.1, 0.15) is 19.8 Å². The fourth-order valence-corrected chi connectivity index (χ4v) is 2.70. The van der Waals surface area contributed by atoms with Crippen LogP contribution in [0.5, 0.6) is 0 Å². The average molecular weight is 271 g/mol. The maximum absolute atomic E-state index is 11.7. The molecule has 0 amide bonds. The molecule has 1 unspecified atom stereocenters. The highest BCUT2D eigenvalue weighted by molar-refractivity contribution is 7.53. The lowest BCUT2D eigenvalue weighted by atomic mass is 10.2. The van der Waals surface area contributed by atoms with E-state index in [1.165, 1.54) is 12.4 Å². The summed E-state index contributed by atoms with van der Waals surface area (Å²) in [6.07, 6.45) is 4.82. The third kappa shape index (κ3) is 4.07. The lowest BCUT2D eigenvalue weighted by molar-refractivity contribution is -0.198. The van der Waals surface area contributed by atoms with Crippen molar-refractivity contribution in [3.8, 4) is 0 Å². The van der Waals surface area contributed by atoms with E-state index in [4.69, 9.17) is 9.26 Å². The van der Waals surface area contributed by atoms with Crippen molar-refractivity contribution in [3.05, 3.63) is 24.5 Å². The fraction of sp³-hybridized carbons (Fsp3) is 0.545. The molecule has 18 heavy (non-hydrogen) atoms. The molecule has 1 N–H and O–H groups in total. The second kappa shape index (κ2) is 5.80. The summed E-state index contributed by atoms with van der Waals surface area (Å²) in [6, 6.07) is 3.12. The molecule has 0 bridgehead atoms. The molecule has 0 saturated carbocycles. The van der Waals surface area contributed by atoms with E-state index in [9.17, 15) is 9.46 Å². The summed E-state index contributed by atoms with van der Waals surface area (Å²) in [7, 11) is -4.09. The van der Waals surface area contributed by atoms with E-state index in [0.29, 0.717) is 5.69 Å². The van der Waals surface area contributed by atoms with E-state index in [2.05, 4.69) is 10.1 Å². The SMILES string of the molecule is C[C@H]1CC[C@@H](COP(=O)([O-])Nc2ccncc2)O1. The number of aromatic nitrogens is 1. The van der Waals surface area contributed by atoms with Crippen molar-refractivity contribution in [3.63, 3.8) is 0 Å². The van der Waals surface area contributed by atoms with Crippen LogP contribution < -0.4 is 9.98 Å². The molecule has 0 radical (unpaired) electrons. The van der Waals surface area contributed by atoms with Crippen molar-refractivity contribution in [1.29, 1.82) is 0 Å². The third-order valence-corrected chi connectivity index (χ3v) is 3.72. The van der Waals surface area contributed by atoms with Gasteiger partial charge in [-0.2, -0.15) is 0 Å². The van der Waals surface area contributed by atoms with Crippen LogP contribution in [0.2, 0.25) is 0 Å². The Morgan fingerprint density at radius 1 is 1.56 bits per heavy atom. The Morgan fingerprint density at radius 3 is 2.89 bits per heavy atom. The maximum Gasteiger partial charge on any atom is 0.229 e. The van der Waals surface area contributed by atoms with Crippen molar-refractivity contribution in [2.75, 3.05) is 11.7 Å². The average Bonchev–Trinajstić information content (AvgIpc) is 2.74. The van der Waals surface area contributed by atoms with Gasteiger partial charge in [-0.05, 0) is 31.9 Å². The predicted molar refractivity (Wildman–Crippen MR) is 65.0 cm³/mol. The van der Waals surface area contributed by atoms with Gasteiger partial charge in [0, 0.05) is 18.1 Å². The lowest BCUT2D eigenvalue weighted by Gasteiger charge is -2.26. The first-order valence-corrected chi connectivity index (χ1v) is 7.39. The maximum atomic E-state index is 11.7. The molecule has 3 atom stereocenters. The Hall–Kier alpha value is -0.940. The van der Waals surface area contributed by atoms with Gasteiger partial charge in [0.05, 0.1) is 18.8 Å². The topological polar surface area (TPSA) is 83.5 Å². The quantitative estimate of drug-likeness (QED) is 0.818. The largest absolute Gasteiger partial charge is 0.762 e. The van der Waals surface area contributed by atoms with Crippen LogP contribution in [-0.2, 0) is 13.8 Å². The second-order valence-electron chi connectivity index (χ2n) is 4.29. The van der Waals surface area contributed by atoms with E-state index in [1.807, 2.05) is 6.92 Å². The molecule has 2 rings (SSSR count). The molecule has 7 heteroatoms. The molecule has 6 nitrogen and oxygen atoms in total. The molecule has 1 aliphatic heterocycles. The Bertz CT molecular complexity index is 428. The van der Waals surface area contributed by atoms with E-state index in [0.717, 1.165) is 12.8 Å². The Kier molecular flexibility index (Phi) is 4.35. The van der Waals surface area contributed by atoms with Crippen LogP contribution in [0.4, 0.5) is 5.69 Å². The summed E-state index contributed by atoms with van der Waals surface area (Å²) in [4.78, 5) is 15.5. The van der Waals surface area contributed by atoms with Crippen LogP contribution >= 0.6 is 7.75 Å². The van der Waals surface area contributed by atoms with Gasteiger partial charge in [-0.25, -0.2) is 0 Å². The van der Waals surface area contributed by atoms with Crippen molar-refractivity contribution in [2.45, 2.75) is 32.0 Å².